The molecule has 3 amide bonds. The summed E-state index contributed by atoms with van der Waals surface area (Å²) < 4.78 is 0. The van der Waals surface area contributed by atoms with Crippen molar-refractivity contribution in [3.8, 4) is 0 Å². The molecule has 4 nitrogen and oxygen atoms in total. The largest absolute Gasteiger partial charge is 0.325 e. The van der Waals surface area contributed by atoms with Crippen LogP contribution in [-0.4, -0.2) is 40.4 Å². The van der Waals surface area contributed by atoms with Gasteiger partial charge in [0.1, 0.15) is 5.54 Å². The highest BCUT2D eigenvalue weighted by Gasteiger charge is 2.52. The number of nitrogens with one attached hydrogen (secondary N) is 1. The Bertz CT molecular complexity index is 550. The van der Waals surface area contributed by atoms with Gasteiger partial charge in [0.25, 0.3) is 5.91 Å². The summed E-state index contributed by atoms with van der Waals surface area (Å²) in [6.07, 6.45) is 4.52. The molecule has 0 saturated carbocycles. The molecule has 20 heavy (non-hydrogen) atoms. The van der Waals surface area contributed by atoms with E-state index < -0.39 is 5.54 Å². The summed E-state index contributed by atoms with van der Waals surface area (Å²) in [4.78, 5) is 25.6. The fourth-order valence-electron chi connectivity index (χ4n) is 2.53. The van der Waals surface area contributed by atoms with Crippen molar-refractivity contribution in [3.05, 3.63) is 42.0 Å². The first-order valence-electron chi connectivity index (χ1n) is 6.65. The Kier molecular flexibility index (Phi) is 3.53. The molecule has 1 N–H and O–H groups in total. The van der Waals surface area contributed by atoms with Crippen LogP contribution in [0.1, 0.15) is 12.0 Å². The van der Waals surface area contributed by atoms with Gasteiger partial charge in [-0.1, -0.05) is 42.5 Å². The average Bonchev–Trinajstić information content (AvgIpc) is 3.01. The van der Waals surface area contributed by atoms with Crippen LogP contribution in [0.2, 0.25) is 0 Å². The molecule has 104 valence electrons. The van der Waals surface area contributed by atoms with E-state index in [0.29, 0.717) is 12.3 Å². The Morgan fingerprint density at radius 2 is 2.10 bits per heavy atom. The SMILES string of the molecule is O=C1N[C@@]2(CCSC2)C(=O)N1C/C=C\c1ccccc1. The molecule has 2 aliphatic rings. The summed E-state index contributed by atoms with van der Waals surface area (Å²) >= 11 is 1.72. The lowest BCUT2D eigenvalue weighted by atomic mass is 9.99. The summed E-state index contributed by atoms with van der Waals surface area (Å²) in [5, 5.41) is 2.86. The molecule has 0 radical (unpaired) electrons. The minimum absolute atomic E-state index is 0.0785. The molecule has 2 heterocycles. The molecular weight excluding hydrogens is 272 g/mol. The van der Waals surface area contributed by atoms with Crippen LogP contribution in [0, 0.1) is 0 Å². The normalized spacial score (nSPS) is 25.9. The number of thioether (sulfide) groups is 1. The van der Waals surface area contributed by atoms with E-state index >= 15 is 0 Å². The van der Waals surface area contributed by atoms with Crippen molar-refractivity contribution < 1.29 is 9.59 Å². The minimum atomic E-state index is -0.637. The molecular formula is C15H16N2O2S. The molecule has 3 rings (SSSR count). The van der Waals surface area contributed by atoms with Crippen molar-refractivity contribution in [2.75, 3.05) is 18.1 Å². The van der Waals surface area contributed by atoms with Crippen LogP contribution in [0.5, 0.6) is 0 Å². The van der Waals surface area contributed by atoms with Crippen molar-refractivity contribution in [2.24, 2.45) is 0 Å². The molecule has 1 aromatic carbocycles. The number of rotatable bonds is 3. The smallest absolute Gasteiger partial charge is 0.322 e. The van der Waals surface area contributed by atoms with Gasteiger partial charge in [-0.25, -0.2) is 4.79 Å². The van der Waals surface area contributed by atoms with E-state index in [1.807, 2.05) is 42.5 Å². The van der Waals surface area contributed by atoms with Crippen molar-refractivity contribution in [2.45, 2.75) is 12.0 Å². The highest BCUT2D eigenvalue weighted by atomic mass is 32.2. The number of amides is 3. The number of carbonyl (C=O) groups is 2. The Labute approximate surface area is 122 Å². The number of hydrogen-bond donors (Lipinski definition) is 1. The summed E-state index contributed by atoms with van der Waals surface area (Å²) in [5.74, 6) is 1.54. The van der Waals surface area contributed by atoms with Crippen LogP contribution >= 0.6 is 11.8 Å². The van der Waals surface area contributed by atoms with Gasteiger partial charge in [-0.2, -0.15) is 11.8 Å². The topological polar surface area (TPSA) is 49.4 Å². The molecule has 2 aliphatic heterocycles. The van der Waals surface area contributed by atoms with E-state index in [1.165, 1.54) is 4.90 Å². The van der Waals surface area contributed by atoms with E-state index in [4.69, 9.17) is 0 Å². The zero-order valence-corrected chi connectivity index (χ0v) is 11.9. The van der Waals surface area contributed by atoms with Crippen LogP contribution in [0.25, 0.3) is 6.08 Å². The third-order valence-electron chi connectivity index (χ3n) is 3.67. The number of imide groups is 1. The predicted octanol–water partition coefficient (Wildman–Crippen LogP) is 2.13. The second-order valence-corrected chi connectivity index (χ2v) is 6.15. The number of benzene rings is 1. The van der Waals surface area contributed by atoms with Crippen LogP contribution in [-0.2, 0) is 4.79 Å². The Hall–Kier alpha value is -1.75. The van der Waals surface area contributed by atoms with Crippen molar-refractivity contribution in [1.82, 2.24) is 10.2 Å². The molecule has 0 aliphatic carbocycles. The molecule has 0 aromatic heterocycles. The predicted molar refractivity (Wildman–Crippen MR) is 80.4 cm³/mol. The zero-order valence-electron chi connectivity index (χ0n) is 11.0. The summed E-state index contributed by atoms with van der Waals surface area (Å²) in [7, 11) is 0. The lowest BCUT2D eigenvalue weighted by molar-refractivity contribution is -0.130. The number of nitrogens with zero attached hydrogens (tertiary/aromatic N) is 1. The Balaban J connectivity index is 1.67. The highest BCUT2D eigenvalue weighted by molar-refractivity contribution is 7.99. The lowest BCUT2D eigenvalue weighted by Gasteiger charge is -2.18. The first-order chi connectivity index (χ1) is 9.71. The van der Waals surface area contributed by atoms with Gasteiger partial charge in [0.15, 0.2) is 0 Å². The van der Waals surface area contributed by atoms with Crippen LogP contribution in [0.3, 0.4) is 0 Å². The first-order valence-corrected chi connectivity index (χ1v) is 7.80. The van der Waals surface area contributed by atoms with Gasteiger partial charge >= 0.3 is 6.03 Å². The van der Waals surface area contributed by atoms with Gasteiger partial charge in [0.05, 0.1) is 0 Å². The molecule has 5 heteroatoms. The van der Waals surface area contributed by atoms with E-state index in [9.17, 15) is 9.59 Å². The third kappa shape index (κ3) is 2.33. The van der Waals surface area contributed by atoms with Crippen LogP contribution < -0.4 is 5.32 Å². The number of carbonyl (C=O) groups excluding carboxylic acids is 2. The molecule has 0 bridgehead atoms. The number of urea groups is 1. The van der Waals surface area contributed by atoms with Gasteiger partial charge < -0.3 is 5.32 Å². The average molecular weight is 288 g/mol. The molecule has 2 fully saturated rings. The van der Waals surface area contributed by atoms with E-state index in [2.05, 4.69) is 5.32 Å². The zero-order chi connectivity index (χ0) is 14.0. The van der Waals surface area contributed by atoms with E-state index in [1.54, 1.807) is 11.8 Å². The van der Waals surface area contributed by atoms with Gasteiger partial charge in [-0.15, -0.1) is 0 Å². The maximum atomic E-state index is 12.4. The number of hydrogen-bond acceptors (Lipinski definition) is 3. The minimum Gasteiger partial charge on any atom is -0.322 e. The standard InChI is InChI=1S/C15H16N2O2S/c18-13-15(8-10-20-11-15)16-14(19)17(13)9-4-7-12-5-2-1-3-6-12/h1-7H,8-11H2,(H,16,19)/b7-4-/t15-/m1/s1. The molecule has 1 aromatic rings. The van der Waals surface area contributed by atoms with Gasteiger partial charge in [-0.05, 0) is 17.7 Å². The third-order valence-corrected chi connectivity index (χ3v) is 4.86. The Morgan fingerprint density at radius 3 is 2.80 bits per heavy atom. The quantitative estimate of drug-likeness (QED) is 0.867. The maximum absolute atomic E-state index is 12.4. The summed E-state index contributed by atoms with van der Waals surface area (Å²) in [6.45, 7) is 0.325. The van der Waals surface area contributed by atoms with Crippen LogP contribution in [0.4, 0.5) is 4.79 Å². The molecule has 1 atom stereocenters. The van der Waals surface area contributed by atoms with Crippen molar-refractivity contribution in [1.29, 1.82) is 0 Å². The van der Waals surface area contributed by atoms with E-state index in [-0.39, 0.29) is 11.9 Å². The second-order valence-electron chi connectivity index (χ2n) is 5.04. The summed E-state index contributed by atoms with van der Waals surface area (Å²) in [6, 6.07) is 9.57. The van der Waals surface area contributed by atoms with Gasteiger partial charge in [0, 0.05) is 12.3 Å². The molecule has 1 spiro atoms. The highest BCUT2D eigenvalue weighted by Crippen LogP contribution is 2.33. The lowest BCUT2D eigenvalue weighted by Crippen LogP contribution is -2.47. The van der Waals surface area contributed by atoms with Gasteiger partial charge in [0.2, 0.25) is 0 Å². The maximum Gasteiger partial charge on any atom is 0.325 e. The molecule has 2 saturated heterocycles. The van der Waals surface area contributed by atoms with Crippen LogP contribution in [0.15, 0.2) is 36.4 Å². The van der Waals surface area contributed by atoms with E-state index in [0.717, 1.165) is 17.7 Å². The van der Waals surface area contributed by atoms with Crippen molar-refractivity contribution in [3.63, 3.8) is 0 Å². The fraction of sp³-hybridized carbons (Fsp3) is 0.333. The first kappa shape index (κ1) is 13.2. The second kappa shape index (κ2) is 5.32. The summed E-state index contributed by atoms with van der Waals surface area (Å²) in [5.41, 5.74) is 0.424. The molecule has 0 unspecified atom stereocenters. The fourth-order valence-corrected chi connectivity index (χ4v) is 3.86. The Morgan fingerprint density at radius 1 is 1.30 bits per heavy atom. The van der Waals surface area contributed by atoms with Crippen molar-refractivity contribution >= 4 is 29.8 Å². The monoisotopic (exact) mass is 288 g/mol. The van der Waals surface area contributed by atoms with Gasteiger partial charge in [-0.3, -0.25) is 9.69 Å².